The van der Waals surface area contributed by atoms with Gasteiger partial charge in [-0.2, -0.15) is 5.26 Å². The van der Waals surface area contributed by atoms with E-state index >= 15 is 0 Å². The first kappa shape index (κ1) is 23.3. The van der Waals surface area contributed by atoms with Gasteiger partial charge in [0, 0.05) is 31.1 Å². The quantitative estimate of drug-likeness (QED) is 0.472. The molecule has 0 bridgehead atoms. The molecule has 1 aromatic carbocycles. The molecular weight excluding hydrogens is 400 g/mol. The Balaban J connectivity index is 1.77. The standard InChI is InChI=1S/C25H30N6O/c1-17-14-31(15-18(2)32-17)12-11-24(30-16-27)25(29)22-9-7-21(8-10-23(22)28)20-5-3-19(13-26)4-6-20/h3-6,8-11,16-18,21,28-29H,7,12,14-15H2,1-2H3,(H2,27,30)/b24-11-,28-23?,29-25?. The number of hydrogen-bond acceptors (Lipinski definition) is 6. The summed E-state index contributed by atoms with van der Waals surface area (Å²) >= 11 is 0. The van der Waals surface area contributed by atoms with E-state index in [-0.39, 0.29) is 29.5 Å². The fourth-order valence-electron chi connectivity index (χ4n) is 4.11. The Morgan fingerprint density at radius 3 is 2.59 bits per heavy atom. The van der Waals surface area contributed by atoms with E-state index in [1.807, 2.05) is 30.4 Å². The average Bonchev–Trinajstić information content (AvgIpc) is 2.97. The highest BCUT2D eigenvalue weighted by Gasteiger charge is 2.22. The van der Waals surface area contributed by atoms with Gasteiger partial charge < -0.3 is 15.9 Å². The van der Waals surface area contributed by atoms with Crippen molar-refractivity contribution in [2.45, 2.75) is 38.4 Å². The molecule has 1 fully saturated rings. The molecule has 3 atom stereocenters. The van der Waals surface area contributed by atoms with Crippen LogP contribution in [-0.2, 0) is 4.74 Å². The number of ether oxygens (including phenoxy) is 1. The van der Waals surface area contributed by atoms with Gasteiger partial charge in [0.15, 0.2) is 0 Å². The van der Waals surface area contributed by atoms with E-state index < -0.39 is 0 Å². The van der Waals surface area contributed by atoms with Crippen LogP contribution in [0.2, 0.25) is 0 Å². The summed E-state index contributed by atoms with van der Waals surface area (Å²) < 4.78 is 5.79. The number of nitriles is 1. The molecule has 3 unspecified atom stereocenters. The highest BCUT2D eigenvalue weighted by Crippen LogP contribution is 2.27. The van der Waals surface area contributed by atoms with Crippen molar-refractivity contribution in [2.75, 3.05) is 19.6 Å². The van der Waals surface area contributed by atoms with Gasteiger partial charge in [-0.15, -0.1) is 0 Å². The second-order valence-corrected chi connectivity index (χ2v) is 8.18. The summed E-state index contributed by atoms with van der Waals surface area (Å²) in [6.07, 6.45) is 9.72. The molecule has 1 aliphatic carbocycles. The molecule has 7 nitrogen and oxygen atoms in total. The van der Waals surface area contributed by atoms with Gasteiger partial charge in [-0.3, -0.25) is 10.3 Å². The number of nitrogens with two attached hydrogens (primary N) is 1. The van der Waals surface area contributed by atoms with E-state index in [9.17, 15) is 0 Å². The van der Waals surface area contributed by atoms with Crippen molar-refractivity contribution >= 4 is 17.8 Å². The number of nitrogens with zero attached hydrogens (tertiary/aromatic N) is 3. The summed E-state index contributed by atoms with van der Waals surface area (Å²) in [6, 6.07) is 9.61. The summed E-state index contributed by atoms with van der Waals surface area (Å²) in [6.45, 7) is 6.39. The van der Waals surface area contributed by atoms with Crippen LogP contribution in [-0.4, -0.2) is 54.5 Å². The smallest absolute Gasteiger partial charge is 0.0991 e. The summed E-state index contributed by atoms with van der Waals surface area (Å²) in [5, 5.41) is 26.2. The van der Waals surface area contributed by atoms with Crippen LogP contribution in [0.1, 0.15) is 37.3 Å². The van der Waals surface area contributed by atoms with E-state index in [0.717, 1.165) is 18.7 Å². The lowest BCUT2D eigenvalue weighted by atomic mass is 9.94. The summed E-state index contributed by atoms with van der Waals surface area (Å²) in [5.74, 6) is 0.0788. The van der Waals surface area contributed by atoms with E-state index in [1.165, 1.54) is 6.34 Å². The van der Waals surface area contributed by atoms with Gasteiger partial charge in [0.25, 0.3) is 0 Å². The van der Waals surface area contributed by atoms with E-state index in [1.54, 1.807) is 18.2 Å². The van der Waals surface area contributed by atoms with Gasteiger partial charge in [-0.1, -0.05) is 24.3 Å². The van der Waals surface area contributed by atoms with Crippen molar-refractivity contribution < 1.29 is 4.74 Å². The van der Waals surface area contributed by atoms with Crippen molar-refractivity contribution in [2.24, 2.45) is 10.7 Å². The maximum atomic E-state index is 9.00. The summed E-state index contributed by atoms with van der Waals surface area (Å²) in [7, 11) is 0. The molecule has 166 valence electrons. The van der Waals surface area contributed by atoms with Crippen molar-refractivity contribution in [1.29, 1.82) is 16.1 Å². The van der Waals surface area contributed by atoms with Gasteiger partial charge in [0.05, 0.1) is 47.3 Å². The van der Waals surface area contributed by atoms with Crippen LogP contribution < -0.4 is 5.73 Å². The maximum absolute atomic E-state index is 9.00. The first-order valence-electron chi connectivity index (χ1n) is 10.8. The maximum Gasteiger partial charge on any atom is 0.0991 e. The van der Waals surface area contributed by atoms with Gasteiger partial charge in [-0.05, 0) is 50.1 Å². The molecule has 0 aromatic heterocycles. The fourth-order valence-corrected chi connectivity index (χ4v) is 4.11. The minimum absolute atomic E-state index is 0.0788. The molecule has 1 saturated heterocycles. The Labute approximate surface area is 189 Å². The van der Waals surface area contributed by atoms with Crippen LogP contribution >= 0.6 is 0 Å². The Bertz CT molecular complexity index is 1000. The monoisotopic (exact) mass is 430 g/mol. The lowest BCUT2D eigenvalue weighted by molar-refractivity contribution is -0.0646. The summed E-state index contributed by atoms with van der Waals surface area (Å²) in [4.78, 5) is 6.49. The molecule has 0 amide bonds. The largest absolute Gasteiger partial charge is 0.390 e. The lowest BCUT2D eigenvalue weighted by Gasteiger charge is -2.34. The lowest BCUT2D eigenvalue weighted by Crippen LogP contribution is -2.45. The Morgan fingerprint density at radius 1 is 1.28 bits per heavy atom. The number of aliphatic imine (C=N–C) groups is 1. The van der Waals surface area contributed by atoms with Gasteiger partial charge >= 0.3 is 0 Å². The first-order valence-corrected chi connectivity index (χ1v) is 10.8. The number of benzene rings is 1. The second kappa shape index (κ2) is 10.8. The average molecular weight is 431 g/mol. The molecule has 0 spiro atoms. The fraction of sp³-hybridized carbons (Fsp3) is 0.360. The zero-order valence-corrected chi connectivity index (χ0v) is 18.6. The van der Waals surface area contributed by atoms with Crippen LogP contribution in [0.4, 0.5) is 0 Å². The van der Waals surface area contributed by atoms with Crippen LogP contribution in [0.5, 0.6) is 0 Å². The number of morpholine rings is 1. The number of nitrogens with one attached hydrogen (secondary N) is 2. The Morgan fingerprint density at radius 2 is 1.97 bits per heavy atom. The molecule has 7 heteroatoms. The zero-order chi connectivity index (χ0) is 23.1. The van der Waals surface area contributed by atoms with Crippen LogP contribution in [0.15, 0.2) is 64.8 Å². The van der Waals surface area contributed by atoms with Crippen LogP contribution in [0.3, 0.4) is 0 Å². The highest BCUT2D eigenvalue weighted by atomic mass is 16.5. The zero-order valence-electron chi connectivity index (χ0n) is 18.6. The first-order chi connectivity index (χ1) is 15.4. The number of hydrogen-bond donors (Lipinski definition) is 3. The van der Waals surface area contributed by atoms with Crippen molar-refractivity contribution in [3.05, 3.63) is 71.0 Å². The molecule has 3 rings (SSSR count). The topological polar surface area (TPSA) is 122 Å². The minimum Gasteiger partial charge on any atom is -0.390 e. The second-order valence-electron chi connectivity index (χ2n) is 8.18. The van der Waals surface area contributed by atoms with Gasteiger partial charge in [0.1, 0.15) is 0 Å². The third kappa shape index (κ3) is 5.88. The predicted octanol–water partition coefficient (Wildman–Crippen LogP) is 3.55. The Kier molecular flexibility index (Phi) is 7.87. The molecule has 1 aromatic rings. The van der Waals surface area contributed by atoms with Crippen LogP contribution in [0.25, 0.3) is 0 Å². The molecule has 0 saturated carbocycles. The molecule has 1 aliphatic heterocycles. The molecule has 32 heavy (non-hydrogen) atoms. The van der Waals surface area contributed by atoms with Crippen LogP contribution in [0, 0.1) is 22.1 Å². The molecule has 4 N–H and O–H groups in total. The van der Waals surface area contributed by atoms with Crippen molar-refractivity contribution in [3.63, 3.8) is 0 Å². The summed E-state index contributed by atoms with van der Waals surface area (Å²) in [5.41, 5.74) is 8.72. The number of rotatable bonds is 6. The van der Waals surface area contributed by atoms with E-state index in [2.05, 4.69) is 29.8 Å². The van der Waals surface area contributed by atoms with Gasteiger partial charge in [-0.25, -0.2) is 4.99 Å². The Hall–Kier alpha value is -3.34. The third-order valence-electron chi connectivity index (χ3n) is 5.61. The molecule has 2 aliphatic rings. The SMILES string of the molecule is CC1CN(C/C=C(\N=CN)C(=N)C2=CCC(c3ccc(C#N)cc3)C=CC2=N)CC(C)O1. The third-order valence-corrected chi connectivity index (χ3v) is 5.61. The van der Waals surface area contributed by atoms with E-state index in [4.69, 9.17) is 26.6 Å². The van der Waals surface area contributed by atoms with Crippen molar-refractivity contribution in [1.82, 2.24) is 4.90 Å². The van der Waals surface area contributed by atoms with Crippen molar-refractivity contribution in [3.8, 4) is 6.07 Å². The van der Waals surface area contributed by atoms with Gasteiger partial charge in [0.2, 0.25) is 0 Å². The normalized spacial score (nSPS) is 24.8. The number of allylic oxidation sites excluding steroid dienone is 4. The molecule has 0 radical (unpaired) electrons. The highest BCUT2D eigenvalue weighted by molar-refractivity contribution is 6.31. The molecular formula is C25H30N6O. The van der Waals surface area contributed by atoms with E-state index in [0.29, 0.717) is 29.8 Å². The predicted molar refractivity (Wildman–Crippen MR) is 128 cm³/mol. The minimum atomic E-state index is 0.0788. The molecule has 1 heterocycles.